The molecule has 0 radical (unpaired) electrons. The summed E-state index contributed by atoms with van der Waals surface area (Å²) in [5.41, 5.74) is 0. The molecule has 74 valence electrons. The fraction of sp³-hybridized carbons (Fsp3) is 0.889. The van der Waals surface area contributed by atoms with Gasteiger partial charge in [0.2, 0.25) is 0 Å². The van der Waals surface area contributed by atoms with Crippen molar-refractivity contribution in [1.82, 2.24) is 0 Å². The lowest BCUT2D eigenvalue weighted by Gasteiger charge is -2.37. The summed E-state index contributed by atoms with van der Waals surface area (Å²) in [6.07, 6.45) is 2.07. The zero-order chi connectivity index (χ0) is 9.47. The number of ketones is 1. The molecule has 2 saturated heterocycles. The third kappa shape index (κ3) is 1.13. The molecule has 2 bridgehead atoms. The lowest BCUT2D eigenvalue weighted by Crippen LogP contribution is -2.56. The van der Waals surface area contributed by atoms with Gasteiger partial charge in [-0.05, 0) is 12.8 Å². The van der Waals surface area contributed by atoms with Crippen molar-refractivity contribution in [3.05, 3.63) is 0 Å². The summed E-state index contributed by atoms with van der Waals surface area (Å²) in [4.78, 5) is 11.7. The minimum absolute atomic E-state index is 0.0104. The molecule has 0 amide bonds. The van der Waals surface area contributed by atoms with E-state index in [1.807, 2.05) is 0 Å². The van der Waals surface area contributed by atoms with Gasteiger partial charge in [-0.3, -0.25) is 4.79 Å². The summed E-state index contributed by atoms with van der Waals surface area (Å²) in [5.74, 6) is -1.12. The summed E-state index contributed by atoms with van der Waals surface area (Å²) >= 11 is 0. The van der Waals surface area contributed by atoms with Gasteiger partial charge in [0.15, 0.2) is 5.78 Å². The van der Waals surface area contributed by atoms with E-state index >= 15 is 0 Å². The lowest BCUT2D eigenvalue weighted by molar-refractivity contribution is -0.264. The predicted octanol–water partition coefficient (Wildman–Crippen LogP) is 0.496. The van der Waals surface area contributed by atoms with E-state index in [9.17, 15) is 4.79 Å². The van der Waals surface area contributed by atoms with Gasteiger partial charge in [-0.2, -0.15) is 0 Å². The molecule has 0 saturated carbocycles. The summed E-state index contributed by atoms with van der Waals surface area (Å²) in [7, 11) is 2.98. The van der Waals surface area contributed by atoms with Crippen molar-refractivity contribution in [2.24, 2.45) is 0 Å². The van der Waals surface area contributed by atoms with Crippen LogP contribution in [0.2, 0.25) is 0 Å². The fourth-order valence-corrected chi connectivity index (χ4v) is 2.24. The Labute approximate surface area is 77.1 Å². The van der Waals surface area contributed by atoms with Crippen molar-refractivity contribution in [2.75, 3.05) is 14.2 Å². The van der Waals surface area contributed by atoms with Crippen molar-refractivity contribution in [3.63, 3.8) is 0 Å². The van der Waals surface area contributed by atoms with Gasteiger partial charge >= 0.3 is 0 Å². The molecular formula is C9H14O4. The monoisotopic (exact) mass is 186 g/mol. The Kier molecular flexibility index (Phi) is 2.14. The summed E-state index contributed by atoms with van der Waals surface area (Å²) in [6.45, 7) is 0. The van der Waals surface area contributed by atoms with Gasteiger partial charge < -0.3 is 14.2 Å². The summed E-state index contributed by atoms with van der Waals surface area (Å²) < 4.78 is 15.9. The molecule has 2 rings (SSSR count). The molecule has 2 heterocycles. The molecule has 2 fully saturated rings. The van der Waals surface area contributed by atoms with Crippen LogP contribution in [0, 0.1) is 0 Å². The first-order chi connectivity index (χ1) is 6.23. The molecule has 4 heteroatoms. The van der Waals surface area contributed by atoms with Gasteiger partial charge in [0.25, 0.3) is 5.79 Å². The molecule has 0 aromatic rings. The Morgan fingerprint density at radius 1 is 1.38 bits per heavy atom. The standard InChI is InChI=1S/C9H14O4/c1-11-9(12-2)7(10)5-6-3-4-8(9)13-6/h6,8H,3-5H2,1-2H3. The van der Waals surface area contributed by atoms with Crippen LogP contribution in [-0.2, 0) is 19.0 Å². The molecule has 4 nitrogen and oxygen atoms in total. The van der Waals surface area contributed by atoms with Crippen LogP contribution < -0.4 is 0 Å². The Morgan fingerprint density at radius 2 is 2.08 bits per heavy atom. The van der Waals surface area contributed by atoms with Crippen molar-refractivity contribution in [3.8, 4) is 0 Å². The number of fused-ring (bicyclic) bond motifs is 2. The van der Waals surface area contributed by atoms with Crippen molar-refractivity contribution in [2.45, 2.75) is 37.3 Å². The van der Waals surface area contributed by atoms with Crippen LogP contribution in [0.5, 0.6) is 0 Å². The Balaban J connectivity index is 2.28. The maximum Gasteiger partial charge on any atom is 0.255 e. The maximum atomic E-state index is 11.7. The highest BCUT2D eigenvalue weighted by Crippen LogP contribution is 2.39. The largest absolute Gasteiger partial charge is 0.368 e. The van der Waals surface area contributed by atoms with Gasteiger partial charge in [0.05, 0.1) is 6.10 Å². The van der Waals surface area contributed by atoms with Gasteiger partial charge in [-0.1, -0.05) is 0 Å². The molecule has 13 heavy (non-hydrogen) atoms. The second-order valence-corrected chi connectivity index (χ2v) is 3.53. The topological polar surface area (TPSA) is 44.8 Å². The minimum Gasteiger partial charge on any atom is -0.368 e. The highest BCUT2D eigenvalue weighted by atomic mass is 16.7. The summed E-state index contributed by atoms with van der Waals surface area (Å²) in [6, 6.07) is 0. The van der Waals surface area contributed by atoms with Crippen LogP contribution in [0.4, 0.5) is 0 Å². The van der Waals surface area contributed by atoms with Crippen molar-refractivity contribution in [1.29, 1.82) is 0 Å². The van der Waals surface area contributed by atoms with E-state index in [1.165, 1.54) is 14.2 Å². The molecule has 2 unspecified atom stereocenters. The highest BCUT2D eigenvalue weighted by Gasteiger charge is 2.55. The molecule has 0 aliphatic carbocycles. The SMILES string of the molecule is COC1(OC)C(=O)CC2CCC1O2. The number of carbonyl (C=O) groups is 1. The predicted molar refractivity (Wildman–Crippen MR) is 44.3 cm³/mol. The molecular weight excluding hydrogens is 172 g/mol. The van der Waals surface area contributed by atoms with E-state index < -0.39 is 5.79 Å². The quantitative estimate of drug-likeness (QED) is 0.589. The van der Waals surface area contributed by atoms with Crippen LogP contribution in [0.15, 0.2) is 0 Å². The number of rotatable bonds is 2. The molecule has 0 aromatic heterocycles. The minimum atomic E-state index is -1.13. The van der Waals surface area contributed by atoms with E-state index in [0.717, 1.165) is 12.8 Å². The number of methoxy groups -OCH3 is 2. The number of Topliss-reactive ketones (excluding diaryl/α,β-unsaturated/α-hetero) is 1. The lowest BCUT2D eigenvalue weighted by atomic mass is 10.0. The van der Waals surface area contributed by atoms with E-state index in [4.69, 9.17) is 14.2 Å². The smallest absolute Gasteiger partial charge is 0.255 e. The van der Waals surface area contributed by atoms with Crippen LogP contribution in [-0.4, -0.2) is 38.0 Å². The normalized spacial score (nSPS) is 36.6. The van der Waals surface area contributed by atoms with Gasteiger partial charge in [0, 0.05) is 20.6 Å². The molecule has 0 N–H and O–H groups in total. The first-order valence-electron chi connectivity index (χ1n) is 4.52. The summed E-state index contributed by atoms with van der Waals surface area (Å²) in [5, 5.41) is 0. The van der Waals surface area contributed by atoms with Gasteiger partial charge in [-0.15, -0.1) is 0 Å². The second kappa shape index (κ2) is 3.04. The Hall–Kier alpha value is -0.450. The van der Waals surface area contributed by atoms with E-state index in [0.29, 0.717) is 6.42 Å². The van der Waals surface area contributed by atoms with Crippen molar-refractivity contribution < 1.29 is 19.0 Å². The van der Waals surface area contributed by atoms with E-state index in [-0.39, 0.29) is 18.0 Å². The van der Waals surface area contributed by atoms with Crippen LogP contribution in [0.25, 0.3) is 0 Å². The van der Waals surface area contributed by atoms with Crippen LogP contribution in [0.1, 0.15) is 19.3 Å². The van der Waals surface area contributed by atoms with Crippen molar-refractivity contribution >= 4 is 5.78 Å². The first-order valence-corrected chi connectivity index (χ1v) is 4.52. The van der Waals surface area contributed by atoms with E-state index in [2.05, 4.69) is 0 Å². The van der Waals surface area contributed by atoms with Crippen LogP contribution in [0.3, 0.4) is 0 Å². The average molecular weight is 186 g/mol. The second-order valence-electron chi connectivity index (χ2n) is 3.53. The molecule has 2 atom stereocenters. The van der Waals surface area contributed by atoms with Crippen LogP contribution >= 0.6 is 0 Å². The Bertz CT molecular complexity index is 222. The first kappa shape index (κ1) is 9.12. The average Bonchev–Trinajstić information content (AvgIpc) is 2.53. The fourth-order valence-electron chi connectivity index (χ4n) is 2.24. The number of hydrogen-bond donors (Lipinski definition) is 0. The third-order valence-electron chi connectivity index (χ3n) is 2.94. The highest BCUT2D eigenvalue weighted by molar-refractivity contribution is 5.88. The van der Waals surface area contributed by atoms with E-state index in [1.54, 1.807) is 0 Å². The maximum absolute atomic E-state index is 11.7. The zero-order valence-corrected chi connectivity index (χ0v) is 7.91. The number of ether oxygens (including phenoxy) is 3. The molecule has 0 spiro atoms. The molecule has 2 aliphatic heterocycles. The van der Waals surface area contributed by atoms with Gasteiger partial charge in [-0.25, -0.2) is 0 Å². The number of carbonyl (C=O) groups excluding carboxylic acids is 1. The Morgan fingerprint density at radius 3 is 2.69 bits per heavy atom. The number of hydrogen-bond acceptors (Lipinski definition) is 4. The van der Waals surface area contributed by atoms with Gasteiger partial charge in [0.1, 0.15) is 6.10 Å². The third-order valence-corrected chi connectivity index (χ3v) is 2.94. The molecule has 0 aromatic carbocycles. The zero-order valence-electron chi connectivity index (χ0n) is 7.91. The molecule has 2 aliphatic rings.